The molecule has 2 aromatic heterocycles. The molecule has 0 saturated heterocycles. The number of para-hydroxylation sites is 1. The summed E-state index contributed by atoms with van der Waals surface area (Å²) in [6.07, 6.45) is 0. The average molecular weight is 407 g/mol. The first-order valence-electron chi connectivity index (χ1n) is 9.58. The Morgan fingerprint density at radius 2 is 1.93 bits per heavy atom. The van der Waals surface area contributed by atoms with Gasteiger partial charge in [-0.25, -0.2) is 0 Å². The number of aryl methyl sites for hydroxylation is 1. The van der Waals surface area contributed by atoms with Crippen molar-refractivity contribution in [3.8, 4) is 40.1 Å². The van der Waals surface area contributed by atoms with Gasteiger partial charge < -0.3 is 23.7 Å². The molecule has 1 N–H and O–H groups in total. The topological polar surface area (TPSA) is 99.6 Å². The highest BCUT2D eigenvalue weighted by Gasteiger charge is 2.23. The first-order valence-corrected chi connectivity index (χ1v) is 9.58. The van der Waals surface area contributed by atoms with E-state index in [0.717, 1.165) is 0 Å². The van der Waals surface area contributed by atoms with Gasteiger partial charge in [0, 0.05) is 17.5 Å². The maximum absolute atomic E-state index is 13.0. The molecule has 2 aromatic carbocycles. The van der Waals surface area contributed by atoms with Crippen LogP contribution in [0, 0.1) is 0 Å². The Morgan fingerprint density at radius 3 is 2.67 bits per heavy atom. The lowest BCUT2D eigenvalue weighted by atomic mass is 10.1. The number of hydrogen-bond acceptors (Lipinski definition) is 7. The minimum absolute atomic E-state index is 0.0211. The molecule has 2 heterocycles. The van der Waals surface area contributed by atoms with Gasteiger partial charge in [0.25, 0.3) is 11.4 Å². The van der Waals surface area contributed by atoms with E-state index in [1.807, 2.05) is 19.9 Å². The molecular weight excluding hydrogens is 386 g/mol. The highest BCUT2D eigenvalue weighted by atomic mass is 16.5. The van der Waals surface area contributed by atoms with Crippen LogP contribution >= 0.6 is 0 Å². The van der Waals surface area contributed by atoms with Crippen LogP contribution in [0.15, 0.2) is 51.8 Å². The molecule has 8 heteroatoms. The average Bonchev–Trinajstić information content (AvgIpc) is 3.24. The van der Waals surface area contributed by atoms with E-state index in [4.69, 9.17) is 14.0 Å². The molecule has 0 fully saturated rings. The molecular formula is C22H21N3O5. The highest BCUT2D eigenvalue weighted by Crippen LogP contribution is 2.35. The quantitative estimate of drug-likeness (QED) is 0.518. The molecule has 154 valence electrons. The van der Waals surface area contributed by atoms with Crippen LogP contribution in [0.4, 0.5) is 0 Å². The molecule has 4 rings (SSSR count). The zero-order chi connectivity index (χ0) is 21.3. The normalized spacial score (nSPS) is 11.0. The van der Waals surface area contributed by atoms with Crippen LogP contribution < -0.4 is 15.0 Å². The molecule has 8 nitrogen and oxygen atoms in total. The molecule has 0 amide bonds. The van der Waals surface area contributed by atoms with Crippen molar-refractivity contribution in [2.45, 2.75) is 20.4 Å². The molecule has 0 spiro atoms. The van der Waals surface area contributed by atoms with E-state index >= 15 is 0 Å². The lowest BCUT2D eigenvalue weighted by Crippen LogP contribution is -2.21. The zero-order valence-corrected chi connectivity index (χ0v) is 16.9. The number of ether oxygens (including phenoxy) is 2. The van der Waals surface area contributed by atoms with Crippen LogP contribution in [0.5, 0.6) is 17.2 Å². The number of methoxy groups -OCH3 is 1. The van der Waals surface area contributed by atoms with Crippen molar-refractivity contribution >= 4 is 10.9 Å². The van der Waals surface area contributed by atoms with E-state index in [2.05, 4.69) is 10.1 Å². The van der Waals surface area contributed by atoms with Gasteiger partial charge in [-0.3, -0.25) is 4.79 Å². The maximum atomic E-state index is 13.0. The molecule has 0 unspecified atom stereocenters. The standard InChI is InChI=1S/C22H21N3O5/c1-4-25-15-9-7-6-8-14(15)19(26)18(22(25)27)21-23-20(24-30-21)13-10-11-16(29-5-2)17(12-13)28-3/h6-12,26H,4-5H2,1-3H3. The summed E-state index contributed by atoms with van der Waals surface area (Å²) in [4.78, 5) is 17.4. The fraction of sp³-hybridized carbons (Fsp3) is 0.227. The number of pyridine rings is 1. The largest absolute Gasteiger partial charge is 0.506 e. The van der Waals surface area contributed by atoms with Crippen molar-refractivity contribution in [2.75, 3.05) is 13.7 Å². The van der Waals surface area contributed by atoms with Crippen molar-refractivity contribution in [1.82, 2.24) is 14.7 Å². The first-order chi connectivity index (χ1) is 14.6. The SMILES string of the molecule is CCOc1ccc(-c2noc(-c3c(O)c4ccccc4n(CC)c3=O)n2)cc1OC. The molecule has 4 aromatic rings. The first kappa shape index (κ1) is 19.5. The van der Waals surface area contributed by atoms with E-state index in [-0.39, 0.29) is 23.0 Å². The minimum Gasteiger partial charge on any atom is -0.506 e. The van der Waals surface area contributed by atoms with Crippen molar-refractivity contribution < 1.29 is 19.1 Å². The summed E-state index contributed by atoms with van der Waals surface area (Å²) in [7, 11) is 1.55. The summed E-state index contributed by atoms with van der Waals surface area (Å²) >= 11 is 0. The van der Waals surface area contributed by atoms with Gasteiger partial charge in [-0.2, -0.15) is 4.98 Å². The van der Waals surface area contributed by atoms with E-state index in [1.54, 1.807) is 48.1 Å². The van der Waals surface area contributed by atoms with Gasteiger partial charge in [-0.15, -0.1) is 0 Å². The predicted molar refractivity (Wildman–Crippen MR) is 112 cm³/mol. The van der Waals surface area contributed by atoms with Gasteiger partial charge in [-0.1, -0.05) is 17.3 Å². The third kappa shape index (κ3) is 3.16. The monoisotopic (exact) mass is 407 g/mol. The fourth-order valence-corrected chi connectivity index (χ4v) is 3.42. The Hall–Kier alpha value is -3.81. The van der Waals surface area contributed by atoms with Gasteiger partial charge in [-0.05, 0) is 44.2 Å². The van der Waals surface area contributed by atoms with Crippen molar-refractivity contribution in [3.63, 3.8) is 0 Å². The summed E-state index contributed by atoms with van der Waals surface area (Å²) in [6.45, 7) is 4.69. The Labute approximate surface area is 172 Å². The molecule has 0 bridgehead atoms. The van der Waals surface area contributed by atoms with Crippen LogP contribution in [-0.2, 0) is 6.54 Å². The van der Waals surface area contributed by atoms with Crippen LogP contribution in [0.3, 0.4) is 0 Å². The fourth-order valence-electron chi connectivity index (χ4n) is 3.42. The van der Waals surface area contributed by atoms with Crippen molar-refractivity contribution in [3.05, 3.63) is 52.8 Å². The third-order valence-electron chi connectivity index (χ3n) is 4.82. The molecule has 30 heavy (non-hydrogen) atoms. The Kier molecular flexibility index (Phi) is 5.14. The van der Waals surface area contributed by atoms with E-state index < -0.39 is 5.56 Å². The molecule has 0 aliphatic heterocycles. The summed E-state index contributed by atoms with van der Waals surface area (Å²) in [5.74, 6) is 1.17. The summed E-state index contributed by atoms with van der Waals surface area (Å²) in [6, 6.07) is 12.4. The lowest BCUT2D eigenvalue weighted by Gasteiger charge is -2.11. The lowest BCUT2D eigenvalue weighted by molar-refractivity contribution is 0.311. The number of benzene rings is 2. The Bertz CT molecular complexity index is 1280. The van der Waals surface area contributed by atoms with Crippen LogP contribution in [-0.4, -0.2) is 33.5 Å². The van der Waals surface area contributed by atoms with Crippen molar-refractivity contribution in [1.29, 1.82) is 0 Å². The van der Waals surface area contributed by atoms with Crippen LogP contribution in [0.2, 0.25) is 0 Å². The Balaban J connectivity index is 1.84. The van der Waals surface area contributed by atoms with Crippen LogP contribution in [0.1, 0.15) is 13.8 Å². The second-order valence-electron chi connectivity index (χ2n) is 6.51. The second-order valence-corrected chi connectivity index (χ2v) is 6.51. The van der Waals surface area contributed by atoms with E-state index in [9.17, 15) is 9.90 Å². The van der Waals surface area contributed by atoms with Crippen LogP contribution in [0.25, 0.3) is 33.7 Å². The number of rotatable bonds is 6. The summed E-state index contributed by atoms with van der Waals surface area (Å²) < 4.78 is 17.8. The molecule has 0 saturated carbocycles. The van der Waals surface area contributed by atoms with Gasteiger partial charge in [0.2, 0.25) is 5.82 Å². The van der Waals surface area contributed by atoms with Gasteiger partial charge in [0.1, 0.15) is 11.3 Å². The number of aromatic hydroxyl groups is 1. The van der Waals surface area contributed by atoms with Crippen molar-refractivity contribution in [2.24, 2.45) is 0 Å². The molecule has 0 aliphatic rings. The Morgan fingerprint density at radius 1 is 1.13 bits per heavy atom. The molecule has 0 aliphatic carbocycles. The number of aromatic nitrogens is 3. The number of fused-ring (bicyclic) bond motifs is 1. The smallest absolute Gasteiger partial charge is 0.267 e. The summed E-state index contributed by atoms with van der Waals surface area (Å²) in [5.41, 5.74) is 0.851. The minimum atomic E-state index is -0.395. The molecule has 0 radical (unpaired) electrons. The molecule has 0 atom stereocenters. The number of nitrogens with zero attached hydrogens (tertiary/aromatic N) is 3. The number of hydrogen-bond donors (Lipinski definition) is 1. The van der Waals surface area contributed by atoms with Gasteiger partial charge in [0.05, 0.1) is 19.2 Å². The highest BCUT2D eigenvalue weighted by molar-refractivity contribution is 5.91. The van der Waals surface area contributed by atoms with Gasteiger partial charge in [0.15, 0.2) is 11.5 Å². The van der Waals surface area contributed by atoms with E-state index in [1.165, 1.54) is 0 Å². The zero-order valence-electron chi connectivity index (χ0n) is 16.9. The van der Waals surface area contributed by atoms with E-state index in [0.29, 0.717) is 41.1 Å². The summed E-state index contributed by atoms with van der Waals surface area (Å²) in [5, 5.41) is 15.3. The maximum Gasteiger partial charge on any atom is 0.267 e. The van der Waals surface area contributed by atoms with Gasteiger partial charge >= 0.3 is 0 Å². The third-order valence-corrected chi connectivity index (χ3v) is 4.82. The predicted octanol–water partition coefficient (Wildman–Crippen LogP) is 3.85. The second kappa shape index (κ2) is 7.90.